The molecule has 6 rings (SSSR count). The van der Waals surface area contributed by atoms with Crippen LogP contribution < -0.4 is 5.32 Å². The number of sulfone groups is 1. The predicted molar refractivity (Wildman–Crippen MR) is 251 cm³/mol. The Morgan fingerprint density at radius 3 is 2.12 bits per heavy atom. The maximum absolute atomic E-state index is 13.4. The summed E-state index contributed by atoms with van der Waals surface area (Å²) in [7, 11) is -1.38. The zero-order chi connectivity index (χ0) is 46.9. The number of aliphatic carboxylic acids is 1. The van der Waals surface area contributed by atoms with Crippen LogP contribution in [0.1, 0.15) is 139 Å². The molecule has 2 unspecified atom stereocenters. The summed E-state index contributed by atoms with van der Waals surface area (Å²) in [5.41, 5.74) is 0.887. The smallest absolute Gasteiger partial charge is 0.306 e. The van der Waals surface area contributed by atoms with E-state index in [1.807, 2.05) is 13.8 Å². The highest BCUT2D eigenvalue weighted by molar-refractivity contribution is 7.91. The number of fused-ring (bicyclic) bond motifs is 7. The van der Waals surface area contributed by atoms with Crippen LogP contribution in [-0.2, 0) is 43.1 Å². The Hall–Kier alpha value is -1.61. The minimum atomic E-state index is -3.04. The van der Waals surface area contributed by atoms with Crippen molar-refractivity contribution >= 4 is 21.8 Å². The molecule has 0 bridgehead atoms. The maximum Gasteiger partial charge on any atom is 0.306 e. The number of esters is 1. The Bertz CT molecular complexity index is 1740. The van der Waals surface area contributed by atoms with Gasteiger partial charge in [-0.05, 0) is 129 Å². The van der Waals surface area contributed by atoms with Gasteiger partial charge in [0.1, 0.15) is 6.10 Å². The molecule has 1 heterocycles. The summed E-state index contributed by atoms with van der Waals surface area (Å²) in [5.74, 6) is 1.68. The van der Waals surface area contributed by atoms with Crippen LogP contribution in [0.2, 0.25) is 0 Å². The molecule has 0 aromatic heterocycles. The first-order valence-electron chi connectivity index (χ1n) is 25.0. The zero-order valence-electron chi connectivity index (χ0n) is 41.6. The molecule has 1 saturated heterocycles. The van der Waals surface area contributed by atoms with E-state index in [1.165, 1.54) is 31.3 Å². The molecule has 12 atom stereocenters. The van der Waals surface area contributed by atoms with E-state index >= 15 is 0 Å². The van der Waals surface area contributed by atoms with E-state index in [4.69, 9.17) is 23.7 Å². The quantitative estimate of drug-likeness (QED) is 0.0654. The standard InChI is InChI=1S/C51H88N2O10S/c1-35(2)37-14-19-51(52-34-39(53-22-30-64(57,58)31-23-53)36(3)62-29-28-61-27-26-60-25-24-59-11)21-20-49(9)38(45(37)51)12-13-41-48(8)17-16-42(47(6,7)40(48)15-18-50(41,49)10)63-44(56)33-46(4,5)32-43(54)55/h36-42,45,52H,1,12-34H2,2-11H3,(H,54,55)/t36?,37-,38+,39?,40-,41+,42-,45+,48-,49+,50+,51-/m0/s1. The lowest BCUT2D eigenvalue weighted by Gasteiger charge is -2.73. The number of carbonyl (C=O) groups is 2. The number of carboxylic acid groups (broad SMARTS) is 1. The topological polar surface area (TPSA) is 150 Å². The number of hydrogen-bond acceptors (Lipinski definition) is 11. The van der Waals surface area contributed by atoms with E-state index in [0.29, 0.717) is 82.3 Å². The van der Waals surface area contributed by atoms with Gasteiger partial charge >= 0.3 is 11.9 Å². The van der Waals surface area contributed by atoms with Crippen LogP contribution in [-0.4, -0.2) is 132 Å². The van der Waals surface area contributed by atoms with Crippen LogP contribution >= 0.6 is 0 Å². The molecule has 0 aromatic rings. The lowest BCUT2D eigenvalue weighted by atomic mass is 9.32. The predicted octanol–water partition coefficient (Wildman–Crippen LogP) is 7.97. The van der Waals surface area contributed by atoms with Crippen molar-refractivity contribution < 1.29 is 46.8 Å². The van der Waals surface area contributed by atoms with Crippen LogP contribution in [0.4, 0.5) is 0 Å². The van der Waals surface area contributed by atoms with Gasteiger partial charge in [0.2, 0.25) is 0 Å². The van der Waals surface area contributed by atoms with Crippen molar-refractivity contribution in [1.29, 1.82) is 0 Å². The monoisotopic (exact) mass is 921 g/mol. The molecule has 6 fully saturated rings. The number of nitrogens with one attached hydrogen (secondary N) is 1. The molecule has 1 aliphatic heterocycles. The van der Waals surface area contributed by atoms with E-state index in [9.17, 15) is 23.1 Å². The molecule has 12 nitrogen and oxygen atoms in total. The van der Waals surface area contributed by atoms with Gasteiger partial charge < -0.3 is 34.1 Å². The first kappa shape index (κ1) is 51.8. The molecule has 64 heavy (non-hydrogen) atoms. The molecule has 2 N–H and O–H groups in total. The highest BCUT2D eigenvalue weighted by Crippen LogP contribution is 2.76. The largest absolute Gasteiger partial charge is 0.481 e. The van der Waals surface area contributed by atoms with E-state index in [0.717, 1.165) is 45.1 Å². The van der Waals surface area contributed by atoms with Gasteiger partial charge in [0.05, 0.1) is 70.1 Å². The third-order valence-electron chi connectivity index (χ3n) is 19.0. The number of carboxylic acids is 1. The number of allylic oxidation sites excluding steroid dienone is 1. The van der Waals surface area contributed by atoms with Crippen molar-refractivity contribution in [2.45, 2.75) is 163 Å². The van der Waals surface area contributed by atoms with Gasteiger partial charge in [0.15, 0.2) is 9.84 Å². The van der Waals surface area contributed by atoms with E-state index < -0.39 is 21.2 Å². The maximum atomic E-state index is 13.4. The lowest BCUT2D eigenvalue weighted by Crippen LogP contribution is -2.69. The molecular weight excluding hydrogens is 833 g/mol. The van der Waals surface area contributed by atoms with Crippen LogP contribution in [0.15, 0.2) is 12.2 Å². The molecule has 13 heteroatoms. The fraction of sp³-hybridized carbons (Fsp3) is 0.922. The lowest BCUT2D eigenvalue weighted by molar-refractivity contribution is -0.246. The Kier molecular flexibility index (Phi) is 16.3. The van der Waals surface area contributed by atoms with Crippen molar-refractivity contribution in [2.75, 3.05) is 77.9 Å². The molecule has 0 aromatic carbocycles. The Morgan fingerprint density at radius 1 is 0.828 bits per heavy atom. The van der Waals surface area contributed by atoms with Crippen LogP contribution in [0.5, 0.6) is 0 Å². The molecule has 5 saturated carbocycles. The summed E-state index contributed by atoms with van der Waals surface area (Å²) in [4.78, 5) is 27.2. The minimum Gasteiger partial charge on any atom is -0.481 e. The van der Waals surface area contributed by atoms with E-state index in [2.05, 4.69) is 65.3 Å². The molecule has 6 aliphatic rings. The molecular formula is C51H88N2O10S. The second kappa shape index (κ2) is 20.2. The van der Waals surface area contributed by atoms with Crippen LogP contribution in [0.3, 0.4) is 0 Å². The first-order chi connectivity index (χ1) is 30.0. The molecule has 5 aliphatic carbocycles. The summed E-state index contributed by atoms with van der Waals surface area (Å²) >= 11 is 0. The molecule has 368 valence electrons. The van der Waals surface area contributed by atoms with E-state index in [-0.39, 0.29) is 75.8 Å². The average molecular weight is 921 g/mol. The number of methoxy groups -OCH3 is 1. The Labute approximate surface area is 387 Å². The highest BCUT2D eigenvalue weighted by atomic mass is 32.2. The van der Waals surface area contributed by atoms with Crippen molar-refractivity contribution in [3.63, 3.8) is 0 Å². The minimum absolute atomic E-state index is 0.0210. The second-order valence-corrected chi connectivity index (χ2v) is 25.8. The molecule has 0 radical (unpaired) electrons. The van der Waals surface area contributed by atoms with Crippen LogP contribution in [0, 0.1) is 56.7 Å². The summed E-state index contributed by atoms with van der Waals surface area (Å²) in [6, 6.07) is 0.0255. The Morgan fingerprint density at radius 2 is 1.48 bits per heavy atom. The van der Waals surface area contributed by atoms with Crippen LogP contribution in [0.25, 0.3) is 0 Å². The normalized spacial score (nSPS) is 37.9. The summed E-state index contributed by atoms with van der Waals surface area (Å²) < 4.78 is 54.4. The molecule has 0 amide bonds. The van der Waals surface area contributed by atoms with Gasteiger partial charge in [-0.15, -0.1) is 0 Å². The van der Waals surface area contributed by atoms with E-state index in [1.54, 1.807) is 7.11 Å². The number of rotatable bonds is 21. The van der Waals surface area contributed by atoms with Gasteiger partial charge in [0.25, 0.3) is 0 Å². The summed E-state index contributed by atoms with van der Waals surface area (Å²) in [5, 5.41) is 13.7. The SMILES string of the molecule is C=C(C)[C@@H]1CC[C@]2(NCC(C(C)OCCOCCOCCOC)N3CCS(=O)(=O)CC3)CC[C@]3(C)[C@H](CC[C@@H]4[C@@]5(C)CC[C@H](OC(=O)CC(C)(C)CC(=O)O)C(C)(C)[C@@H]5CC[C@]43C)[C@@H]12. The van der Waals surface area contributed by atoms with Crippen molar-refractivity contribution in [3.05, 3.63) is 12.2 Å². The Balaban J connectivity index is 1.17. The number of nitrogens with zero attached hydrogens (tertiary/aromatic N) is 1. The fourth-order valence-corrected chi connectivity index (χ4v) is 16.8. The fourth-order valence-electron chi connectivity index (χ4n) is 15.5. The first-order valence-corrected chi connectivity index (χ1v) is 26.8. The molecule has 0 spiro atoms. The van der Waals surface area contributed by atoms with Crippen molar-refractivity contribution in [3.8, 4) is 0 Å². The van der Waals surface area contributed by atoms with Gasteiger partial charge in [-0.25, -0.2) is 8.42 Å². The third-order valence-corrected chi connectivity index (χ3v) is 20.6. The number of ether oxygens (including phenoxy) is 5. The van der Waals surface area contributed by atoms with Gasteiger partial charge in [0, 0.05) is 43.7 Å². The van der Waals surface area contributed by atoms with Gasteiger partial charge in [-0.2, -0.15) is 0 Å². The summed E-state index contributed by atoms with van der Waals surface area (Å²) in [6.07, 6.45) is 10.9. The number of carbonyl (C=O) groups excluding carboxylic acids is 1. The average Bonchev–Trinajstić information content (AvgIpc) is 3.58. The van der Waals surface area contributed by atoms with Gasteiger partial charge in [-0.1, -0.05) is 60.6 Å². The summed E-state index contributed by atoms with van der Waals surface area (Å²) in [6.45, 7) is 30.1. The number of hydrogen-bond donors (Lipinski definition) is 2. The zero-order valence-corrected chi connectivity index (χ0v) is 42.4. The van der Waals surface area contributed by atoms with Crippen molar-refractivity contribution in [1.82, 2.24) is 10.2 Å². The second-order valence-electron chi connectivity index (χ2n) is 23.5. The third kappa shape index (κ3) is 10.5. The highest BCUT2D eigenvalue weighted by Gasteiger charge is 2.71. The van der Waals surface area contributed by atoms with Crippen molar-refractivity contribution in [2.24, 2.45) is 56.7 Å². The van der Waals surface area contributed by atoms with Gasteiger partial charge in [-0.3, -0.25) is 14.5 Å².